The van der Waals surface area contributed by atoms with E-state index >= 15 is 0 Å². The summed E-state index contributed by atoms with van der Waals surface area (Å²) >= 11 is 1.64. The molecule has 2 aromatic heterocycles. The van der Waals surface area contributed by atoms with Crippen LogP contribution in [0, 0.1) is 0 Å². The molecule has 0 unspecified atom stereocenters. The maximum atomic E-state index is 4.74. The predicted octanol–water partition coefficient (Wildman–Crippen LogP) is 2.79. The van der Waals surface area contributed by atoms with Crippen LogP contribution in [0.4, 0.5) is 5.82 Å². The average Bonchev–Trinajstić information content (AvgIpc) is 3.48. The van der Waals surface area contributed by atoms with Crippen molar-refractivity contribution in [3.63, 3.8) is 0 Å². The van der Waals surface area contributed by atoms with Gasteiger partial charge in [0, 0.05) is 50.9 Å². The van der Waals surface area contributed by atoms with Crippen LogP contribution >= 0.6 is 11.8 Å². The summed E-state index contributed by atoms with van der Waals surface area (Å²) in [6, 6.07) is 8.34. The molecule has 3 heterocycles. The first-order valence-corrected chi connectivity index (χ1v) is 9.84. The van der Waals surface area contributed by atoms with Crippen molar-refractivity contribution in [2.24, 2.45) is 0 Å². The number of aromatic nitrogens is 3. The number of hydrogen-bond acceptors (Lipinski definition) is 6. The van der Waals surface area contributed by atoms with Crippen LogP contribution in [0.5, 0.6) is 0 Å². The molecule has 126 valence electrons. The topological polar surface area (TPSA) is 45.2 Å². The number of pyridine rings is 1. The molecule has 0 atom stereocenters. The maximum Gasteiger partial charge on any atom is 0.189 e. The lowest BCUT2D eigenvalue weighted by Crippen LogP contribution is -2.46. The van der Waals surface area contributed by atoms with Gasteiger partial charge in [0.2, 0.25) is 0 Å². The Labute approximate surface area is 147 Å². The molecule has 1 aliphatic heterocycles. The highest BCUT2D eigenvalue weighted by Gasteiger charge is 2.27. The second-order valence-corrected chi connectivity index (χ2v) is 7.27. The standard InChI is InChI=1S/C18H23N5S/c1-24-18-20-16(14-5-6-14)12-17(21-18)23-10-8-22(9-11-23)13-15-4-2-3-7-19-15/h2-4,7,12,14H,5-6,8-11,13H2,1H3. The Kier molecular flexibility index (Phi) is 4.67. The van der Waals surface area contributed by atoms with Crippen molar-refractivity contribution in [1.82, 2.24) is 19.9 Å². The van der Waals surface area contributed by atoms with E-state index in [1.165, 1.54) is 18.5 Å². The zero-order valence-electron chi connectivity index (χ0n) is 14.1. The minimum atomic E-state index is 0.670. The molecule has 1 saturated heterocycles. The average molecular weight is 341 g/mol. The second-order valence-electron chi connectivity index (χ2n) is 6.50. The highest BCUT2D eigenvalue weighted by atomic mass is 32.2. The normalized spacial score (nSPS) is 18.8. The van der Waals surface area contributed by atoms with E-state index in [4.69, 9.17) is 4.98 Å². The molecule has 0 radical (unpaired) electrons. The van der Waals surface area contributed by atoms with Gasteiger partial charge >= 0.3 is 0 Å². The molecule has 6 heteroatoms. The molecule has 4 rings (SSSR count). The van der Waals surface area contributed by atoms with Crippen LogP contribution in [-0.2, 0) is 6.54 Å². The minimum absolute atomic E-state index is 0.670. The van der Waals surface area contributed by atoms with E-state index in [-0.39, 0.29) is 0 Å². The van der Waals surface area contributed by atoms with E-state index < -0.39 is 0 Å². The molecule has 0 N–H and O–H groups in total. The van der Waals surface area contributed by atoms with Gasteiger partial charge in [-0.05, 0) is 31.2 Å². The van der Waals surface area contributed by atoms with Crippen molar-refractivity contribution in [2.45, 2.75) is 30.5 Å². The lowest BCUT2D eigenvalue weighted by molar-refractivity contribution is 0.246. The summed E-state index contributed by atoms with van der Waals surface area (Å²) in [4.78, 5) is 18.7. The Morgan fingerprint density at radius 3 is 2.62 bits per heavy atom. The Balaban J connectivity index is 1.41. The van der Waals surface area contributed by atoms with Crippen LogP contribution in [0.3, 0.4) is 0 Å². The second kappa shape index (κ2) is 7.07. The Morgan fingerprint density at radius 1 is 1.12 bits per heavy atom. The summed E-state index contributed by atoms with van der Waals surface area (Å²) in [5, 5.41) is 0.908. The summed E-state index contributed by atoms with van der Waals surface area (Å²) < 4.78 is 0. The van der Waals surface area contributed by atoms with E-state index in [0.29, 0.717) is 5.92 Å². The van der Waals surface area contributed by atoms with Crippen molar-refractivity contribution in [2.75, 3.05) is 37.3 Å². The Hall–Kier alpha value is -1.66. The highest BCUT2D eigenvalue weighted by molar-refractivity contribution is 7.98. The molecule has 5 nitrogen and oxygen atoms in total. The molecule has 0 amide bonds. The predicted molar refractivity (Wildman–Crippen MR) is 97.5 cm³/mol. The third kappa shape index (κ3) is 3.70. The monoisotopic (exact) mass is 341 g/mol. The molecule has 2 aromatic rings. The molecule has 0 aromatic carbocycles. The van der Waals surface area contributed by atoms with Gasteiger partial charge in [0.1, 0.15) is 5.82 Å². The van der Waals surface area contributed by atoms with Crippen molar-refractivity contribution in [1.29, 1.82) is 0 Å². The van der Waals surface area contributed by atoms with Gasteiger partial charge in [-0.2, -0.15) is 0 Å². The van der Waals surface area contributed by atoms with Crippen molar-refractivity contribution in [3.05, 3.63) is 41.9 Å². The molecule has 1 saturated carbocycles. The fourth-order valence-corrected chi connectivity index (χ4v) is 3.51. The third-order valence-electron chi connectivity index (χ3n) is 4.70. The van der Waals surface area contributed by atoms with E-state index in [1.807, 2.05) is 12.3 Å². The molecule has 24 heavy (non-hydrogen) atoms. The summed E-state index contributed by atoms with van der Waals surface area (Å²) in [7, 11) is 0. The van der Waals surface area contributed by atoms with Gasteiger partial charge in [-0.25, -0.2) is 9.97 Å². The zero-order valence-corrected chi connectivity index (χ0v) is 14.9. The van der Waals surface area contributed by atoms with Gasteiger partial charge in [0.15, 0.2) is 5.16 Å². The number of piperazine rings is 1. The number of anilines is 1. The number of thioether (sulfide) groups is 1. The van der Waals surface area contributed by atoms with Gasteiger partial charge in [0.05, 0.1) is 11.4 Å². The highest BCUT2D eigenvalue weighted by Crippen LogP contribution is 2.40. The van der Waals surface area contributed by atoms with Crippen molar-refractivity contribution < 1.29 is 0 Å². The number of hydrogen-bond donors (Lipinski definition) is 0. The van der Waals surface area contributed by atoms with Gasteiger partial charge in [-0.3, -0.25) is 9.88 Å². The fraction of sp³-hybridized carbons (Fsp3) is 0.500. The first kappa shape index (κ1) is 15.8. The molecular formula is C18H23N5S. The lowest BCUT2D eigenvalue weighted by Gasteiger charge is -2.35. The summed E-state index contributed by atoms with van der Waals surface area (Å²) in [6.45, 7) is 5.06. The van der Waals surface area contributed by atoms with Crippen LogP contribution in [0.1, 0.15) is 30.1 Å². The number of nitrogens with zero attached hydrogens (tertiary/aromatic N) is 5. The molecule has 0 spiro atoms. The Bertz CT molecular complexity index is 681. The lowest BCUT2D eigenvalue weighted by atomic mass is 10.2. The van der Waals surface area contributed by atoms with Crippen LogP contribution in [0.15, 0.2) is 35.6 Å². The van der Waals surface area contributed by atoms with E-state index in [2.05, 4.69) is 44.2 Å². The van der Waals surface area contributed by atoms with Crippen molar-refractivity contribution in [3.8, 4) is 0 Å². The quantitative estimate of drug-likeness (QED) is 0.615. The molecule has 1 aliphatic carbocycles. The van der Waals surface area contributed by atoms with Crippen LogP contribution in [0.2, 0.25) is 0 Å². The summed E-state index contributed by atoms with van der Waals surface area (Å²) in [6.07, 6.45) is 6.49. The smallest absolute Gasteiger partial charge is 0.189 e. The molecule has 0 bridgehead atoms. The molecule has 2 fully saturated rings. The fourth-order valence-electron chi connectivity index (χ4n) is 3.13. The van der Waals surface area contributed by atoms with Gasteiger partial charge < -0.3 is 4.90 Å². The van der Waals surface area contributed by atoms with E-state index in [1.54, 1.807) is 11.8 Å². The Morgan fingerprint density at radius 2 is 1.96 bits per heavy atom. The third-order valence-corrected chi connectivity index (χ3v) is 5.25. The van der Waals surface area contributed by atoms with E-state index in [9.17, 15) is 0 Å². The first-order valence-electron chi connectivity index (χ1n) is 8.62. The molecular weight excluding hydrogens is 318 g/mol. The van der Waals surface area contributed by atoms with Gasteiger partial charge in [-0.1, -0.05) is 17.8 Å². The van der Waals surface area contributed by atoms with Gasteiger partial charge in [0.25, 0.3) is 0 Å². The van der Waals surface area contributed by atoms with Crippen LogP contribution in [-0.4, -0.2) is 52.3 Å². The zero-order chi connectivity index (χ0) is 16.4. The summed E-state index contributed by atoms with van der Waals surface area (Å²) in [5.74, 6) is 1.77. The SMILES string of the molecule is CSc1nc(C2CC2)cc(N2CCN(Cc3ccccn3)CC2)n1. The largest absolute Gasteiger partial charge is 0.354 e. The summed E-state index contributed by atoms with van der Waals surface area (Å²) in [5.41, 5.74) is 2.38. The molecule has 2 aliphatic rings. The number of rotatable bonds is 5. The minimum Gasteiger partial charge on any atom is -0.354 e. The maximum absolute atomic E-state index is 4.74. The van der Waals surface area contributed by atoms with Crippen molar-refractivity contribution >= 4 is 17.6 Å². The van der Waals surface area contributed by atoms with Gasteiger partial charge in [-0.15, -0.1) is 0 Å². The van der Waals surface area contributed by atoms with Crippen LogP contribution in [0.25, 0.3) is 0 Å². The van der Waals surface area contributed by atoms with Crippen LogP contribution < -0.4 is 4.90 Å². The first-order chi connectivity index (χ1) is 11.8. The van der Waals surface area contributed by atoms with E-state index in [0.717, 1.165) is 49.4 Å².